The van der Waals surface area contributed by atoms with Crippen LogP contribution < -0.4 is 15.2 Å². The summed E-state index contributed by atoms with van der Waals surface area (Å²) in [6.45, 7) is 0.0209. The third kappa shape index (κ3) is 1.96. The second kappa shape index (κ2) is 4.46. The number of benzene rings is 1. The molecule has 3 rings (SSSR count). The molecule has 1 aliphatic heterocycles. The second-order valence-electron chi connectivity index (χ2n) is 3.69. The highest BCUT2D eigenvalue weighted by atomic mass is 16.7. The van der Waals surface area contributed by atoms with Crippen molar-refractivity contribution in [2.45, 2.75) is 0 Å². The van der Waals surface area contributed by atoms with E-state index in [1.54, 1.807) is 0 Å². The zero-order chi connectivity index (χ0) is 14.1. The maximum absolute atomic E-state index is 11.0. The quantitative estimate of drug-likeness (QED) is 0.460. The van der Waals surface area contributed by atoms with Crippen LogP contribution in [0.1, 0.15) is 5.56 Å². The zero-order valence-electron chi connectivity index (χ0n) is 9.83. The number of hydrogen-bond donors (Lipinski definition) is 1. The Bertz CT molecular complexity index is 710. The highest BCUT2D eigenvalue weighted by molar-refractivity contribution is 5.87. The Labute approximate surface area is 110 Å². The SMILES string of the molecule is Nc1nnnn1/N=C/c1cc2c(cc1[N+](=O)[O-])OCO2. The first-order valence-corrected chi connectivity index (χ1v) is 5.31. The van der Waals surface area contributed by atoms with Crippen molar-refractivity contribution in [2.24, 2.45) is 5.10 Å². The van der Waals surface area contributed by atoms with E-state index in [4.69, 9.17) is 15.2 Å². The maximum atomic E-state index is 11.0. The van der Waals surface area contributed by atoms with E-state index in [-0.39, 0.29) is 24.0 Å². The zero-order valence-corrected chi connectivity index (χ0v) is 9.83. The molecule has 2 N–H and O–H groups in total. The molecule has 0 bridgehead atoms. The lowest BCUT2D eigenvalue weighted by Gasteiger charge is -2.00. The van der Waals surface area contributed by atoms with Crippen LogP contribution in [0.3, 0.4) is 0 Å². The first kappa shape index (κ1) is 11.8. The molecule has 11 heteroatoms. The number of ether oxygens (including phenoxy) is 2. The summed E-state index contributed by atoms with van der Waals surface area (Å²) >= 11 is 0. The van der Waals surface area contributed by atoms with Gasteiger partial charge in [0.1, 0.15) is 0 Å². The van der Waals surface area contributed by atoms with Crippen molar-refractivity contribution in [3.05, 3.63) is 27.8 Å². The highest BCUT2D eigenvalue weighted by Crippen LogP contribution is 2.37. The topological polar surface area (TPSA) is 144 Å². The van der Waals surface area contributed by atoms with Crippen LogP contribution in [0.25, 0.3) is 0 Å². The Balaban J connectivity index is 2.02. The van der Waals surface area contributed by atoms with Gasteiger partial charge >= 0.3 is 0 Å². The monoisotopic (exact) mass is 277 g/mol. The lowest BCUT2D eigenvalue weighted by atomic mass is 10.1. The van der Waals surface area contributed by atoms with Crippen molar-refractivity contribution in [3.8, 4) is 11.5 Å². The summed E-state index contributed by atoms with van der Waals surface area (Å²) in [5, 5.41) is 25.1. The molecular formula is C9H7N7O4. The summed E-state index contributed by atoms with van der Waals surface area (Å²) < 4.78 is 10.2. The number of nitrogens with two attached hydrogens (primary N) is 1. The molecule has 0 fully saturated rings. The molecule has 0 radical (unpaired) electrons. The number of hydrogen-bond acceptors (Lipinski definition) is 9. The number of fused-ring (bicyclic) bond motifs is 1. The number of nitro groups is 1. The Kier molecular flexibility index (Phi) is 2.64. The van der Waals surface area contributed by atoms with Crippen LogP contribution in [0.2, 0.25) is 0 Å². The van der Waals surface area contributed by atoms with Crippen molar-refractivity contribution in [2.75, 3.05) is 12.5 Å². The highest BCUT2D eigenvalue weighted by Gasteiger charge is 2.22. The molecule has 0 saturated carbocycles. The summed E-state index contributed by atoms with van der Waals surface area (Å²) in [6.07, 6.45) is 1.22. The van der Waals surface area contributed by atoms with Gasteiger partial charge in [-0.3, -0.25) is 10.1 Å². The molecule has 0 spiro atoms. The molecule has 0 aliphatic carbocycles. The van der Waals surface area contributed by atoms with Crippen molar-refractivity contribution in [3.63, 3.8) is 0 Å². The van der Waals surface area contributed by atoms with E-state index in [9.17, 15) is 10.1 Å². The van der Waals surface area contributed by atoms with Gasteiger partial charge < -0.3 is 15.2 Å². The van der Waals surface area contributed by atoms with E-state index in [0.29, 0.717) is 11.5 Å². The van der Waals surface area contributed by atoms with Gasteiger partial charge in [0.15, 0.2) is 11.5 Å². The van der Waals surface area contributed by atoms with Gasteiger partial charge in [-0.1, -0.05) is 9.89 Å². The average molecular weight is 277 g/mol. The van der Waals surface area contributed by atoms with Crippen LogP contribution in [0, 0.1) is 10.1 Å². The molecule has 0 amide bonds. The van der Waals surface area contributed by atoms with Gasteiger partial charge in [-0.2, -0.15) is 5.10 Å². The first-order chi connectivity index (χ1) is 9.65. The largest absolute Gasteiger partial charge is 0.454 e. The van der Waals surface area contributed by atoms with Crippen LogP contribution in [0.15, 0.2) is 17.2 Å². The van der Waals surface area contributed by atoms with Crippen molar-refractivity contribution < 1.29 is 14.4 Å². The summed E-state index contributed by atoms with van der Waals surface area (Å²) in [5.74, 6) is 0.683. The van der Waals surface area contributed by atoms with Gasteiger partial charge in [0.2, 0.25) is 6.79 Å². The van der Waals surface area contributed by atoms with Gasteiger partial charge in [0.25, 0.3) is 11.6 Å². The number of tetrazole rings is 1. The van der Waals surface area contributed by atoms with E-state index in [2.05, 4.69) is 20.6 Å². The number of aromatic nitrogens is 4. The number of nitrogen functional groups attached to an aromatic ring is 1. The maximum Gasteiger partial charge on any atom is 0.282 e. The van der Waals surface area contributed by atoms with Gasteiger partial charge in [0, 0.05) is 0 Å². The Morgan fingerprint density at radius 2 is 2.20 bits per heavy atom. The van der Waals surface area contributed by atoms with E-state index in [0.717, 1.165) is 4.79 Å². The van der Waals surface area contributed by atoms with Crippen molar-refractivity contribution >= 4 is 17.9 Å². The molecule has 1 aromatic carbocycles. The molecule has 1 aromatic heterocycles. The summed E-state index contributed by atoms with van der Waals surface area (Å²) in [4.78, 5) is 11.4. The first-order valence-electron chi connectivity index (χ1n) is 5.31. The minimum Gasteiger partial charge on any atom is -0.454 e. The molecule has 0 unspecified atom stereocenters. The second-order valence-corrected chi connectivity index (χ2v) is 3.69. The fourth-order valence-corrected chi connectivity index (χ4v) is 1.60. The molecule has 0 atom stereocenters. The number of rotatable bonds is 3. The molecule has 2 heterocycles. The summed E-state index contributed by atoms with van der Waals surface area (Å²) in [5.41, 5.74) is 5.47. The predicted octanol–water partition coefficient (Wildman–Crippen LogP) is -0.226. The minimum atomic E-state index is -0.549. The van der Waals surface area contributed by atoms with Crippen molar-refractivity contribution in [1.82, 2.24) is 20.3 Å². The van der Waals surface area contributed by atoms with Gasteiger partial charge in [-0.05, 0) is 16.5 Å². The van der Waals surface area contributed by atoms with E-state index in [1.165, 1.54) is 18.3 Å². The molecular weight excluding hydrogens is 270 g/mol. The van der Waals surface area contributed by atoms with Crippen molar-refractivity contribution in [1.29, 1.82) is 0 Å². The molecule has 20 heavy (non-hydrogen) atoms. The number of nitrogens with zero attached hydrogens (tertiary/aromatic N) is 6. The lowest BCUT2D eigenvalue weighted by molar-refractivity contribution is -0.385. The number of nitro benzene ring substituents is 1. The average Bonchev–Trinajstić information content (AvgIpc) is 3.03. The normalized spacial score (nSPS) is 13.0. The van der Waals surface area contributed by atoms with Crippen LogP contribution in [-0.4, -0.2) is 38.2 Å². The Hall–Kier alpha value is -3.24. The van der Waals surface area contributed by atoms with Crippen LogP contribution in [0.4, 0.5) is 11.6 Å². The van der Waals surface area contributed by atoms with Crippen LogP contribution in [0.5, 0.6) is 11.5 Å². The van der Waals surface area contributed by atoms with Gasteiger partial charge in [0.05, 0.1) is 22.8 Å². The summed E-state index contributed by atoms with van der Waals surface area (Å²) in [6, 6.07) is 2.72. The van der Waals surface area contributed by atoms with Crippen LogP contribution >= 0.6 is 0 Å². The standard InChI is InChI=1S/C9H7N7O4/c10-9-12-13-14-15(9)11-3-5-1-7-8(20-4-19-7)2-6(5)16(17)18/h1-3H,4H2,(H2,10,12,14)/b11-3+. The van der Waals surface area contributed by atoms with E-state index >= 15 is 0 Å². The van der Waals surface area contributed by atoms with Crippen LogP contribution in [-0.2, 0) is 0 Å². The Morgan fingerprint density at radius 3 is 2.85 bits per heavy atom. The number of anilines is 1. The molecule has 102 valence electrons. The van der Waals surface area contributed by atoms with Gasteiger partial charge in [-0.25, -0.2) is 0 Å². The predicted molar refractivity (Wildman–Crippen MR) is 64.4 cm³/mol. The molecule has 2 aromatic rings. The fourth-order valence-electron chi connectivity index (χ4n) is 1.60. The molecule has 1 aliphatic rings. The molecule has 11 nitrogen and oxygen atoms in total. The summed E-state index contributed by atoms with van der Waals surface area (Å²) in [7, 11) is 0. The molecule has 0 saturated heterocycles. The third-order valence-electron chi connectivity index (χ3n) is 2.50. The third-order valence-corrected chi connectivity index (χ3v) is 2.50. The fraction of sp³-hybridized carbons (Fsp3) is 0.111. The lowest BCUT2D eigenvalue weighted by Crippen LogP contribution is -2.01. The van der Waals surface area contributed by atoms with E-state index in [1.807, 2.05) is 0 Å². The Morgan fingerprint density at radius 1 is 1.45 bits per heavy atom. The van der Waals surface area contributed by atoms with E-state index < -0.39 is 4.92 Å². The smallest absolute Gasteiger partial charge is 0.282 e. The minimum absolute atomic E-state index is 0.0209. The van der Waals surface area contributed by atoms with Gasteiger partial charge in [-0.15, -0.1) is 0 Å².